The van der Waals surface area contributed by atoms with Crippen molar-refractivity contribution >= 4 is 22.1 Å². The summed E-state index contributed by atoms with van der Waals surface area (Å²) in [5.41, 5.74) is 4.25. The van der Waals surface area contributed by atoms with Crippen LogP contribution < -0.4 is 4.74 Å². The highest BCUT2D eigenvalue weighted by molar-refractivity contribution is 5.84. The molecule has 0 saturated carbocycles. The third-order valence-electron chi connectivity index (χ3n) is 5.58. The topological polar surface area (TPSA) is 88.8 Å². The number of fused-ring (bicyclic) bond motifs is 3. The smallest absolute Gasteiger partial charge is 0.236 e. The summed E-state index contributed by atoms with van der Waals surface area (Å²) in [4.78, 5) is 16.5. The Morgan fingerprint density at radius 1 is 1.13 bits per heavy atom. The first kappa shape index (κ1) is 17.0. The van der Waals surface area contributed by atoms with Gasteiger partial charge in [0.25, 0.3) is 0 Å². The van der Waals surface area contributed by atoms with Crippen LogP contribution in [0.2, 0.25) is 0 Å². The van der Waals surface area contributed by atoms with Crippen LogP contribution in [0.3, 0.4) is 0 Å². The maximum atomic E-state index is 14.3. The summed E-state index contributed by atoms with van der Waals surface area (Å²) in [6.45, 7) is 0.356. The number of ether oxygens (including phenoxy) is 1. The molecule has 0 aliphatic carbocycles. The Balaban J connectivity index is 1.56. The van der Waals surface area contributed by atoms with E-state index in [9.17, 15) is 9.50 Å². The lowest BCUT2D eigenvalue weighted by atomic mass is 9.87. The van der Waals surface area contributed by atoms with Crippen molar-refractivity contribution in [3.05, 3.63) is 71.9 Å². The largest absolute Gasteiger partial charge is 0.494 e. The number of aromatic nitrogens is 5. The first-order valence-corrected chi connectivity index (χ1v) is 9.62. The lowest BCUT2D eigenvalue weighted by Crippen LogP contribution is -2.16. The van der Waals surface area contributed by atoms with Crippen LogP contribution in [0.5, 0.6) is 11.6 Å². The molecule has 1 atom stereocenters. The molecule has 30 heavy (non-hydrogen) atoms. The average molecular weight is 401 g/mol. The number of imidazole rings is 1. The molecule has 0 bridgehead atoms. The minimum absolute atomic E-state index is 0.00838. The number of H-pyrrole nitrogens is 1. The molecule has 3 aromatic heterocycles. The molecule has 0 saturated heterocycles. The quantitative estimate of drug-likeness (QED) is 0.466. The molecule has 1 aliphatic rings. The van der Waals surface area contributed by atoms with Crippen LogP contribution in [-0.4, -0.2) is 36.2 Å². The Morgan fingerprint density at radius 2 is 2.03 bits per heavy atom. The Kier molecular flexibility index (Phi) is 3.55. The molecular formula is C22H16FN5O2. The van der Waals surface area contributed by atoms with Crippen LogP contribution in [0.1, 0.15) is 23.5 Å². The second kappa shape index (κ2) is 6.28. The normalized spacial score (nSPS) is 16.0. The first-order chi connectivity index (χ1) is 14.7. The van der Waals surface area contributed by atoms with Crippen LogP contribution in [-0.2, 0) is 0 Å². The predicted molar refractivity (Wildman–Crippen MR) is 109 cm³/mol. The van der Waals surface area contributed by atoms with E-state index in [1.54, 1.807) is 23.2 Å². The van der Waals surface area contributed by atoms with Crippen molar-refractivity contribution < 1.29 is 14.2 Å². The standard InChI is InChI=1S/C22H16FN5O2/c23-14-5-3-4-13-12(8-9-30-20(13)14)18-19-16(26-21(18)29)10-24-22(27-19)28-11-25-15-6-1-2-7-17(15)28/h1-7,10-12,26,29H,8-9H2. The van der Waals surface area contributed by atoms with Gasteiger partial charge >= 0.3 is 0 Å². The number of para-hydroxylation sites is 3. The van der Waals surface area contributed by atoms with E-state index in [0.29, 0.717) is 41.1 Å². The van der Waals surface area contributed by atoms with Crippen molar-refractivity contribution in [2.24, 2.45) is 0 Å². The van der Waals surface area contributed by atoms with E-state index < -0.39 is 5.82 Å². The van der Waals surface area contributed by atoms with Gasteiger partial charge in [-0.25, -0.2) is 19.3 Å². The van der Waals surface area contributed by atoms with Gasteiger partial charge in [0.1, 0.15) is 11.8 Å². The lowest BCUT2D eigenvalue weighted by Gasteiger charge is -2.26. The Hall–Kier alpha value is -3.94. The van der Waals surface area contributed by atoms with E-state index >= 15 is 0 Å². The van der Waals surface area contributed by atoms with Gasteiger partial charge in [0.05, 0.1) is 29.4 Å². The van der Waals surface area contributed by atoms with E-state index in [2.05, 4.69) is 15.0 Å². The SMILES string of the molecule is Oc1[nH]c2cnc(-n3cnc4ccccc43)nc2c1C1CCOc2c(F)cccc21. The fourth-order valence-electron chi connectivity index (χ4n) is 4.23. The summed E-state index contributed by atoms with van der Waals surface area (Å²) in [6.07, 6.45) is 3.92. The average Bonchev–Trinajstić information content (AvgIpc) is 3.33. The highest BCUT2D eigenvalue weighted by Crippen LogP contribution is 2.44. The summed E-state index contributed by atoms with van der Waals surface area (Å²) in [7, 11) is 0. The molecule has 148 valence electrons. The van der Waals surface area contributed by atoms with Crippen LogP contribution in [0.25, 0.3) is 28.0 Å². The van der Waals surface area contributed by atoms with Gasteiger partial charge in [0, 0.05) is 17.0 Å². The van der Waals surface area contributed by atoms with E-state index in [4.69, 9.17) is 9.72 Å². The fraction of sp³-hybridized carbons (Fsp3) is 0.136. The Bertz CT molecular complexity index is 1420. The van der Waals surface area contributed by atoms with E-state index in [1.165, 1.54) is 6.07 Å². The minimum atomic E-state index is -0.406. The van der Waals surface area contributed by atoms with Gasteiger partial charge < -0.3 is 14.8 Å². The molecule has 4 heterocycles. The fourth-order valence-corrected chi connectivity index (χ4v) is 4.23. The first-order valence-electron chi connectivity index (χ1n) is 9.62. The highest BCUT2D eigenvalue weighted by Gasteiger charge is 2.30. The summed E-state index contributed by atoms with van der Waals surface area (Å²) >= 11 is 0. The van der Waals surface area contributed by atoms with Crippen molar-refractivity contribution in [3.8, 4) is 17.6 Å². The molecule has 5 aromatic rings. The van der Waals surface area contributed by atoms with Crippen LogP contribution in [0.4, 0.5) is 4.39 Å². The van der Waals surface area contributed by atoms with Gasteiger partial charge in [-0.3, -0.25) is 4.57 Å². The van der Waals surface area contributed by atoms with Crippen molar-refractivity contribution in [1.29, 1.82) is 0 Å². The molecular weight excluding hydrogens is 385 g/mol. The predicted octanol–water partition coefficient (Wildman–Crippen LogP) is 4.06. The van der Waals surface area contributed by atoms with Gasteiger partial charge in [0.2, 0.25) is 5.95 Å². The number of aromatic amines is 1. The molecule has 0 radical (unpaired) electrons. The molecule has 2 aromatic carbocycles. The monoisotopic (exact) mass is 401 g/mol. The molecule has 7 nitrogen and oxygen atoms in total. The maximum Gasteiger partial charge on any atom is 0.236 e. The van der Waals surface area contributed by atoms with Crippen molar-refractivity contribution in [3.63, 3.8) is 0 Å². The summed E-state index contributed by atoms with van der Waals surface area (Å²) < 4.78 is 21.6. The van der Waals surface area contributed by atoms with Crippen molar-refractivity contribution in [2.75, 3.05) is 6.61 Å². The van der Waals surface area contributed by atoms with Crippen LogP contribution >= 0.6 is 0 Å². The number of hydrogen-bond acceptors (Lipinski definition) is 5. The van der Waals surface area contributed by atoms with E-state index in [0.717, 1.165) is 11.0 Å². The van der Waals surface area contributed by atoms with Crippen LogP contribution in [0, 0.1) is 5.82 Å². The number of nitrogens with zero attached hydrogens (tertiary/aromatic N) is 4. The van der Waals surface area contributed by atoms with Gasteiger partial charge in [-0.1, -0.05) is 24.3 Å². The van der Waals surface area contributed by atoms with E-state index in [-0.39, 0.29) is 17.5 Å². The molecule has 1 unspecified atom stereocenters. The van der Waals surface area contributed by atoms with Gasteiger partial charge in [-0.15, -0.1) is 0 Å². The highest BCUT2D eigenvalue weighted by atomic mass is 19.1. The molecule has 2 N–H and O–H groups in total. The van der Waals surface area contributed by atoms with E-state index in [1.807, 2.05) is 30.3 Å². The molecule has 8 heteroatoms. The van der Waals surface area contributed by atoms with Gasteiger partial charge in [0.15, 0.2) is 17.4 Å². The number of rotatable bonds is 2. The summed E-state index contributed by atoms with van der Waals surface area (Å²) in [5, 5.41) is 10.7. The summed E-state index contributed by atoms with van der Waals surface area (Å²) in [5.74, 6) is 0.0339. The van der Waals surface area contributed by atoms with Crippen molar-refractivity contribution in [2.45, 2.75) is 12.3 Å². The summed E-state index contributed by atoms with van der Waals surface area (Å²) in [6, 6.07) is 12.6. The zero-order chi connectivity index (χ0) is 20.2. The third kappa shape index (κ3) is 2.40. The zero-order valence-electron chi connectivity index (χ0n) is 15.7. The Labute approximate surface area is 169 Å². The molecule has 0 spiro atoms. The maximum absolute atomic E-state index is 14.3. The molecule has 6 rings (SSSR count). The second-order valence-electron chi connectivity index (χ2n) is 7.27. The number of hydrogen-bond donors (Lipinski definition) is 2. The zero-order valence-corrected chi connectivity index (χ0v) is 15.7. The molecule has 1 aliphatic heterocycles. The number of benzene rings is 2. The Morgan fingerprint density at radius 3 is 2.97 bits per heavy atom. The number of nitrogens with one attached hydrogen (secondary N) is 1. The lowest BCUT2D eigenvalue weighted by molar-refractivity contribution is 0.261. The third-order valence-corrected chi connectivity index (χ3v) is 5.58. The molecule has 0 amide bonds. The number of halogens is 1. The molecule has 0 fully saturated rings. The van der Waals surface area contributed by atoms with Crippen LogP contribution in [0.15, 0.2) is 55.0 Å². The van der Waals surface area contributed by atoms with Gasteiger partial charge in [-0.2, -0.15) is 0 Å². The number of aromatic hydroxyl groups is 1. The minimum Gasteiger partial charge on any atom is -0.494 e. The van der Waals surface area contributed by atoms with Crippen molar-refractivity contribution in [1.82, 2.24) is 24.5 Å². The second-order valence-corrected chi connectivity index (χ2v) is 7.27. The van der Waals surface area contributed by atoms with Gasteiger partial charge in [-0.05, 0) is 24.6 Å².